The standard InChI is InChI=1S/C23H13Br2Cl3N2O3/c24-15-2-4-20-14(7-15)8-21(33-20)23(31)30-29-10-12-5-17(25)22(19(28)6-12)32-11-13-1-3-16(26)9-18(13)27/h1-10H,11H2,(H,30,31)/b29-10-. The average molecular weight is 632 g/mol. The number of furan rings is 1. The minimum atomic E-state index is -0.469. The highest BCUT2D eigenvalue weighted by atomic mass is 79.9. The molecule has 1 aromatic heterocycles. The molecule has 0 aliphatic carbocycles. The zero-order valence-electron chi connectivity index (χ0n) is 16.5. The Morgan fingerprint density at radius 1 is 1.03 bits per heavy atom. The monoisotopic (exact) mass is 628 g/mol. The van der Waals surface area contributed by atoms with E-state index in [4.69, 9.17) is 44.0 Å². The van der Waals surface area contributed by atoms with E-state index in [1.54, 1.807) is 42.5 Å². The number of carbonyl (C=O) groups is 1. The van der Waals surface area contributed by atoms with Gasteiger partial charge in [-0.3, -0.25) is 4.79 Å². The van der Waals surface area contributed by atoms with Crippen molar-refractivity contribution in [2.24, 2.45) is 5.10 Å². The van der Waals surface area contributed by atoms with Crippen LogP contribution in [0.5, 0.6) is 5.75 Å². The first-order valence-corrected chi connectivity index (χ1v) is 12.1. The minimum Gasteiger partial charge on any atom is -0.486 e. The summed E-state index contributed by atoms with van der Waals surface area (Å²) >= 11 is 25.3. The van der Waals surface area contributed by atoms with Crippen LogP contribution < -0.4 is 10.2 Å². The van der Waals surface area contributed by atoms with Gasteiger partial charge in [0.05, 0.1) is 15.7 Å². The topological polar surface area (TPSA) is 63.8 Å². The van der Waals surface area contributed by atoms with Crippen molar-refractivity contribution in [3.8, 4) is 5.75 Å². The lowest BCUT2D eigenvalue weighted by Gasteiger charge is -2.12. The molecule has 4 aromatic rings. The molecule has 4 rings (SSSR count). The molecule has 0 bridgehead atoms. The van der Waals surface area contributed by atoms with Crippen molar-refractivity contribution in [1.82, 2.24) is 5.43 Å². The van der Waals surface area contributed by atoms with Crippen LogP contribution in [0.4, 0.5) is 0 Å². The van der Waals surface area contributed by atoms with E-state index in [-0.39, 0.29) is 12.4 Å². The van der Waals surface area contributed by atoms with Gasteiger partial charge in [-0.05, 0) is 70.0 Å². The van der Waals surface area contributed by atoms with Gasteiger partial charge in [-0.15, -0.1) is 0 Å². The summed E-state index contributed by atoms with van der Waals surface area (Å²) in [6.07, 6.45) is 1.47. The molecular weight excluding hydrogens is 618 g/mol. The summed E-state index contributed by atoms with van der Waals surface area (Å²) in [7, 11) is 0. The molecule has 0 saturated carbocycles. The predicted molar refractivity (Wildman–Crippen MR) is 139 cm³/mol. The van der Waals surface area contributed by atoms with Crippen LogP contribution in [0.25, 0.3) is 11.0 Å². The highest BCUT2D eigenvalue weighted by Crippen LogP contribution is 2.35. The van der Waals surface area contributed by atoms with Gasteiger partial charge in [0.15, 0.2) is 11.5 Å². The lowest BCUT2D eigenvalue weighted by Crippen LogP contribution is -2.16. The molecule has 0 aliphatic rings. The van der Waals surface area contributed by atoms with Crippen LogP contribution in [0, 0.1) is 0 Å². The number of nitrogens with one attached hydrogen (secondary N) is 1. The van der Waals surface area contributed by atoms with Crippen molar-refractivity contribution in [2.45, 2.75) is 6.61 Å². The van der Waals surface area contributed by atoms with Crippen molar-refractivity contribution >= 4 is 89.8 Å². The second-order valence-corrected chi connectivity index (χ2v) is 9.85. The molecule has 0 unspecified atom stereocenters. The van der Waals surface area contributed by atoms with Crippen molar-refractivity contribution < 1.29 is 13.9 Å². The molecule has 3 aromatic carbocycles. The van der Waals surface area contributed by atoms with Crippen LogP contribution in [0.15, 0.2) is 73.1 Å². The summed E-state index contributed by atoms with van der Waals surface area (Å²) in [6, 6.07) is 15.7. The number of fused-ring (bicyclic) bond motifs is 1. The Morgan fingerprint density at radius 2 is 1.85 bits per heavy atom. The molecule has 33 heavy (non-hydrogen) atoms. The van der Waals surface area contributed by atoms with Gasteiger partial charge in [-0.1, -0.05) is 56.8 Å². The number of rotatable bonds is 6. The zero-order chi connectivity index (χ0) is 23.5. The molecule has 0 aliphatic heterocycles. The third kappa shape index (κ3) is 5.91. The second-order valence-electron chi connectivity index (χ2n) is 6.83. The Kier molecular flexibility index (Phi) is 7.66. The van der Waals surface area contributed by atoms with Gasteiger partial charge < -0.3 is 9.15 Å². The largest absolute Gasteiger partial charge is 0.486 e. The van der Waals surface area contributed by atoms with Crippen LogP contribution in [0.2, 0.25) is 15.1 Å². The average Bonchev–Trinajstić information content (AvgIpc) is 3.18. The van der Waals surface area contributed by atoms with Gasteiger partial charge in [0.2, 0.25) is 0 Å². The van der Waals surface area contributed by atoms with E-state index in [2.05, 4.69) is 42.4 Å². The number of benzene rings is 3. The lowest BCUT2D eigenvalue weighted by atomic mass is 10.2. The number of carbonyl (C=O) groups excluding carboxylic acids is 1. The van der Waals surface area contributed by atoms with Crippen LogP contribution in [0.1, 0.15) is 21.7 Å². The van der Waals surface area contributed by atoms with Crippen molar-refractivity contribution in [1.29, 1.82) is 0 Å². The quantitative estimate of drug-likeness (QED) is 0.172. The summed E-state index contributed by atoms with van der Waals surface area (Å²) in [5, 5.41) is 6.22. The third-order valence-electron chi connectivity index (χ3n) is 4.49. The molecule has 0 saturated heterocycles. The summed E-state index contributed by atoms with van der Waals surface area (Å²) in [5.41, 5.74) is 4.48. The summed E-state index contributed by atoms with van der Waals surface area (Å²) in [6.45, 7) is 0.214. The van der Waals surface area contributed by atoms with E-state index in [1.807, 2.05) is 12.1 Å². The summed E-state index contributed by atoms with van der Waals surface area (Å²) < 4.78 is 12.9. The van der Waals surface area contributed by atoms with Gasteiger partial charge >= 0.3 is 5.91 Å². The third-order valence-corrected chi connectivity index (χ3v) is 6.44. The number of nitrogens with zero attached hydrogens (tertiary/aromatic N) is 1. The molecule has 5 nitrogen and oxygen atoms in total. The van der Waals surface area contributed by atoms with Gasteiger partial charge in [0.1, 0.15) is 12.2 Å². The number of hydrazone groups is 1. The maximum Gasteiger partial charge on any atom is 0.307 e. The Morgan fingerprint density at radius 3 is 2.61 bits per heavy atom. The number of halogens is 5. The van der Waals surface area contributed by atoms with Crippen LogP contribution in [0.3, 0.4) is 0 Å². The Hall–Kier alpha value is -2.03. The molecule has 0 radical (unpaired) electrons. The van der Waals surface area contributed by atoms with E-state index in [9.17, 15) is 4.79 Å². The normalized spacial score (nSPS) is 11.3. The van der Waals surface area contributed by atoms with Crippen molar-refractivity contribution in [3.05, 3.63) is 95.5 Å². The first-order chi connectivity index (χ1) is 15.8. The molecule has 1 N–H and O–H groups in total. The van der Waals surface area contributed by atoms with E-state index in [1.165, 1.54) is 6.21 Å². The van der Waals surface area contributed by atoms with Crippen LogP contribution >= 0.6 is 66.7 Å². The fourth-order valence-electron chi connectivity index (χ4n) is 2.93. The maximum atomic E-state index is 12.3. The SMILES string of the molecule is O=C(N/N=C\c1cc(Cl)c(OCc2ccc(Cl)cc2Cl)c(Br)c1)c1cc2cc(Br)ccc2o1. The van der Waals surface area contributed by atoms with Crippen LogP contribution in [-0.4, -0.2) is 12.1 Å². The molecular formula is C23H13Br2Cl3N2O3. The molecule has 0 atom stereocenters. The number of ether oxygens (including phenoxy) is 1. The number of hydrogen-bond donors (Lipinski definition) is 1. The van der Waals surface area contributed by atoms with Gasteiger partial charge in [0, 0.05) is 25.5 Å². The molecule has 168 valence electrons. The van der Waals surface area contributed by atoms with Crippen molar-refractivity contribution in [2.75, 3.05) is 0 Å². The second kappa shape index (κ2) is 10.5. The summed E-state index contributed by atoms with van der Waals surface area (Å²) in [5.74, 6) is 0.143. The first-order valence-electron chi connectivity index (χ1n) is 9.38. The van der Waals surface area contributed by atoms with Gasteiger partial charge in [-0.25, -0.2) is 5.43 Å². The smallest absolute Gasteiger partial charge is 0.307 e. The van der Waals surface area contributed by atoms with Gasteiger partial charge in [0.25, 0.3) is 0 Å². The van der Waals surface area contributed by atoms with Crippen LogP contribution in [-0.2, 0) is 6.61 Å². The lowest BCUT2D eigenvalue weighted by molar-refractivity contribution is 0.0929. The first kappa shape index (κ1) is 24.1. The van der Waals surface area contributed by atoms with E-state index < -0.39 is 5.91 Å². The Balaban J connectivity index is 1.42. The summed E-state index contributed by atoms with van der Waals surface area (Å²) in [4.78, 5) is 12.3. The van der Waals surface area contributed by atoms with E-state index in [0.29, 0.717) is 36.4 Å². The molecule has 10 heteroatoms. The highest BCUT2D eigenvalue weighted by molar-refractivity contribution is 9.10. The zero-order valence-corrected chi connectivity index (χ0v) is 22.0. The predicted octanol–water partition coefficient (Wildman–Crippen LogP) is 8.26. The molecule has 0 spiro atoms. The highest BCUT2D eigenvalue weighted by Gasteiger charge is 2.13. The van der Waals surface area contributed by atoms with Gasteiger partial charge in [-0.2, -0.15) is 5.10 Å². The molecule has 0 fully saturated rings. The fourth-order valence-corrected chi connectivity index (χ4v) is 4.76. The van der Waals surface area contributed by atoms with E-state index >= 15 is 0 Å². The molecule has 1 heterocycles. The fraction of sp³-hybridized carbons (Fsp3) is 0.0435. The number of hydrogen-bond acceptors (Lipinski definition) is 4. The Labute approximate surface area is 220 Å². The maximum absolute atomic E-state index is 12.3. The Bertz CT molecular complexity index is 1370. The molecule has 1 amide bonds. The van der Waals surface area contributed by atoms with E-state index in [0.717, 1.165) is 15.4 Å². The van der Waals surface area contributed by atoms with Crippen molar-refractivity contribution in [3.63, 3.8) is 0 Å². The number of amides is 1. The minimum absolute atomic E-state index is 0.157.